The van der Waals surface area contributed by atoms with E-state index in [1.807, 2.05) is 0 Å². The predicted molar refractivity (Wildman–Crippen MR) is 100 cm³/mol. The summed E-state index contributed by atoms with van der Waals surface area (Å²) in [4.78, 5) is 35.8. The van der Waals surface area contributed by atoms with Crippen LogP contribution < -0.4 is 16.0 Å². The van der Waals surface area contributed by atoms with Gasteiger partial charge in [-0.3, -0.25) is 20.4 Å². The van der Waals surface area contributed by atoms with Crippen molar-refractivity contribution in [2.24, 2.45) is 11.8 Å². The molecule has 1 saturated heterocycles. The molecular formula is C19H22N3O6S-. The van der Waals surface area contributed by atoms with Gasteiger partial charge in [-0.25, -0.2) is 8.42 Å². The van der Waals surface area contributed by atoms with Crippen molar-refractivity contribution in [3.63, 3.8) is 0 Å². The molecule has 10 heteroatoms. The summed E-state index contributed by atoms with van der Waals surface area (Å²) < 4.78 is 26.4. The molecule has 1 heterocycles. The van der Waals surface area contributed by atoms with Crippen LogP contribution in [-0.4, -0.2) is 43.6 Å². The van der Waals surface area contributed by atoms with Crippen molar-refractivity contribution < 1.29 is 27.9 Å². The van der Waals surface area contributed by atoms with Gasteiger partial charge in [0, 0.05) is 30.5 Å². The molecule has 29 heavy (non-hydrogen) atoms. The number of hydrazine groups is 1. The van der Waals surface area contributed by atoms with Crippen LogP contribution in [0.2, 0.25) is 0 Å². The normalized spacial score (nSPS) is 22.2. The van der Waals surface area contributed by atoms with E-state index >= 15 is 0 Å². The maximum atomic E-state index is 12.5. The van der Waals surface area contributed by atoms with Gasteiger partial charge in [0.05, 0.1) is 10.8 Å². The number of rotatable bonds is 5. The van der Waals surface area contributed by atoms with Gasteiger partial charge in [0.1, 0.15) is 0 Å². The van der Waals surface area contributed by atoms with Gasteiger partial charge in [-0.2, -0.15) is 4.31 Å². The fraction of sp³-hybridized carbons (Fsp3) is 0.421. The molecule has 0 aromatic heterocycles. The maximum Gasteiger partial charge on any atom is 0.269 e. The number of carbonyl (C=O) groups is 3. The Hall–Kier alpha value is -2.72. The van der Waals surface area contributed by atoms with Crippen molar-refractivity contribution in [3.05, 3.63) is 42.0 Å². The highest BCUT2D eigenvalue weighted by molar-refractivity contribution is 7.89. The molecule has 0 bridgehead atoms. The molecule has 1 aliphatic heterocycles. The zero-order valence-corrected chi connectivity index (χ0v) is 16.5. The monoisotopic (exact) mass is 420 g/mol. The second kappa shape index (κ2) is 8.75. The average molecular weight is 420 g/mol. The van der Waals surface area contributed by atoms with E-state index in [0.717, 1.165) is 12.8 Å². The first kappa shape index (κ1) is 21.0. The lowest BCUT2D eigenvalue weighted by molar-refractivity contribution is -0.313. The fourth-order valence-electron chi connectivity index (χ4n) is 3.50. The number of carboxylic acids is 1. The molecule has 1 fully saturated rings. The average Bonchev–Trinajstić information content (AvgIpc) is 3.27. The van der Waals surface area contributed by atoms with Crippen LogP contribution in [0.5, 0.6) is 0 Å². The third kappa shape index (κ3) is 4.65. The number of hydrogen-bond acceptors (Lipinski definition) is 6. The molecule has 9 nitrogen and oxygen atoms in total. The highest BCUT2D eigenvalue weighted by Crippen LogP contribution is 2.25. The van der Waals surface area contributed by atoms with Gasteiger partial charge in [0.25, 0.3) is 5.91 Å². The highest BCUT2D eigenvalue weighted by Gasteiger charge is 2.30. The molecule has 0 radical (unpaired) electrons. The Bertz CT molecular complexity index is 920. The van der Waals surface area contributed by atoms with E-state index in [0.29, 0.717) is 13.1 Å². The highest BCUT2D eigenvalue weighted by atomic mass is 32.2. The summed E-state index contributed by atoms with van der Waals surface area (Å²) >= 11 is 0. The predicted octanol–water partition coefficient (Wildman–Crippen LogP) is -0.436. The second-order valence-electron chi connectivity index (χ2n) is 7.05. The number of amides is 2. The molecule has 1 aromatic carbocycles. The molecule has 1 aromatic rings. The van der Waals surface area contributed by atoms with Crippen molar-refractivity contribution in [1.29, 1.82) is 0 Å². The molecule has 2 amide bonds. The summed E-state index contributed by atoms with van der Waals surface area (Å²) in [6.07, 6.45) is 5.49. The first-order valence-corrected chi connectivity index (χ1v) is 10.8. The zero-order chi connectivity index (χ0) is 21.0. The molecule has 1 aliphatic carbocycles. The standard InChI is InChI=1S/C19H23N3O6S/c23-17(20-21-18(24)15-5-1-2-6-16(15)19(25)26)13-7-9-14(10-8-13)29(27,28)22-11-3-4-12-22/h1-2,7-10,15-16H,3-6,11-12H2,(H,20,23)(H,21,24)(H,25,26)/p-1/t15-,16-/m0/s1. The van der Waals surface area contributed by atoms with Crippen molar-refractivity contribution in [1.82, 2.24) is 15.2 Å². The smallest absolute Gasteiger partial charge is 0.269 e. The number of allylic oxidation sites excluding steroid dienone is 2. The number of hydrogen-bond donors (Lipinski definition) is 2. The fourth-order valence-corrected chi connectivity index (χ4v) is 5.02. The van der Waals surface area contributed by atoms with Crippen LogP contribution in [0.25, 0.3) is 0 Å². The molecule has 156 valence electrons. The first-order valence-electron chi connectivity index (χ1n) is 9.37. The van der Waals surface area contributed by atoms with Crippen molar-refractivity contribution in [2.45, 2.75) is 30.6 Å². The van der Waals surface area contributed by atoms with Crippen molar-refractivity contribution in [3.8, 4) is 0 Å². The topological polar surface area (TPSA) is 136 Å². The minimum atomic E-state index is -3.57. The summed E-state index contributed by atoms with van der Waals surface area (Å²) in [5.41, 5.74) is 4.63. The Kier molecular flexibility index (Phi) is 6.33. The lowest BCUT2D eigenvalue weighted by Crippen LogP contribution is -2.49. The van der Waals surface area contributed by atoms with Gasteiger partial charge >= 0.3 is 0 Å². The minimum absolute atomic E-state index is 0.103. The van der Waals surface area contributed by atoms with Gasteiger partial charge < -0.3 is 9.90 Å². The molecule has 0 saturated carbocycles. The number of carboxylic acid groups (broad SMARTS) is 1. The summed E-state index contributed by atoms with van der Waals surface area (Å²) in [5.74, 6) is -4.36. The molecule has 2 N–H and O–H groups in total. The van der Waals surface area contributed by atoms with Crippen LogP contribution in [-0.2, 0) is 19.6 Å². The van der Waals surface area contributed by atoms with E-state index < -0.39 is 39.6 Å². The number of nitrogens with zero attached hydrogens (tertiary/aromatic N) is 1. The van der Waals surface area contributed by atoms with Gasteiger partial charge in [0.15, 0.2) is 0 Å². The lowest BCUT2D eigenvalue weighted by Gasteiger charge is -2.28. The third-order valence-corrected chi connectivity index (χ3v) is 7.10. The molecule has 3 rings (SSSR count). The lowest BCUT2D eigenvalue weighted by atomic mass is 9.82. The largest absolute Gasteiger partial charge is 0.550 e. The molecule has 2 aliphatic rings. The van der Waals surface area contributed by atoms with Crippen LogP contribution in [0.4, 0.5) is 0 Å². The molecule has 0 spiro atoms. The number of benzene rings is 1. The Balaban J connectivity index is 1.60. The quantitative estimate of drug-likeness (QED) is 0.490. The Morgan fingerprint density at radius 2 is 1.52 bits per heavy atom. The number of carbonyl (C=O) groups excluding carboxylic acids is 3. The SMILES string of the molecule is O=C(NNC(=O)[C@H]1CC=CC[C@@H]1C(=O)[O-])c1ccc(S(=O)(=O)N2CCCC2)cc1. The van der Waals surface area contributed by atoms with Crippen LogP contribution in [0.15, 0.2) is 41.3 Å². The third-order valence-electron chi connectivity index (χ3n) is 5.19. The minimum Gasteiger partial charge on any atom is -0.550 e. The van der Waals surface area contributed by atoms with Gasteiger partial charge in [0.2, 0.25) is 15.9 Å². The van der Waals surface area contributed by atoms with Crippen LogP contribution in [0.3, 0.4) is 0 Å². The van der Waals surface area contributed by atoms with Crippen molar-refractivity contribution >= 4 is 27.8 Å². The van der Waals surface area contributed by atoms with Crippen LogP contribution in [0, 0.1) is 11.8 Å². The second-order valence-corrected chi connectivity index (χ2v) is 8.99. The summed E-state index contributed by atoms with van der Waals surface area (Å²) in [5, 5.41) is 11.2. The van der Waals surface area contributed by atoms with Gasteiger partial charge in [-0.1, -0.05) is 12.2 Å². The molecular weight excluding hydrogens is 398 g/mol. The van der Waals surface area contributed by atoms with E-state index in [2.05, 4.69) is 10.9 Å². The van der Waals surface area contributed by atoms with E-state index in [1.165, 1.54) is 28.6 Å². The number of sulfonamides is 1. The van der Waals surface area contributed by atoms with E-state index in [1.54, 1.807) is 12.2 Å². The number of aliphatic carboxylic acids is 1. The Labute approximate surface area is 168 Å². The Morgan fingerprint density at radius 1 is 0.931 bits per heavy atom. The van der Waals surface area contributed by atoms with E-state index in [4.69, 9.17) is 0 Å². The summed E-state index contributed by atoms with van der Waals surface area (Å²) in [6, 6.07) is 5.42. The number of nitrogens with one attached hydrogen (secondary N) is 2. The molecule has 2 atom stereocenters. The van der Waals surface area contributed by atoms with Gasteiger partial charge in [-0.15, -0.1) is 0 Å². The Morgan fingerprint density at radius 3 is 2.10 bits per heavy atom. The summed E-state index contributed by atoms with van der Waals surface area (Å²) in [6.45, 7) is 0.972. The molecule has 0 unspecified atom stereocenters. The van der Waals surface area contributed by atoms with E-state index in [-0.39, 0.29) is 23.3 Å². The zero-order valence-electron chi connectivity index (χ0n) is 15.7. The van der Waals surface area contributed by atoms with Crippen LogP contribution in [0.1, 0.15) is 36.0 Å². The summed E-state index contributed by atoms with van der Waals surface area (Å²) in [7, 11) is -3.57. The first-order chi connectivity index (χ1) is 13.8. The maximum absolute atomic E-state index is 12.5. The van der Waals surface area contributed by atoms with Crippen LogP contribution >= 0.6 is 0 Å². The van der Waals surface area contributed by atoms with E-state index in [9.17, 15) is 27.9 Å². The van der Waals surface area contributed by atoms with Crippen molar-refractivity contribution in [2.75, 3.05) is 13.1 Å². The van der Waals surface area contributed by atoms with Gasteiger partial charge in [-0.05, 0) is 49.9 Å².